The number of rotatable bonds is 0. The smallest absolute Gasteiger partial charge is 0.00992 e. The van der Waals surface area contributed by atoms with Gasteiger partial charge in [0.1, 0.15) is 0 Å². The predicted molar refractivity (Wildman–Crippen MR) is 88.1 cm³/mol. The first-order chi connectivity index (χ1) is 9.74. The number of fused-ring (bicyclic) bond motifs is 6. The van der Waals surface area contributed by atoms with Gasteiger partial charge >= 0.3 is 0 Å². The van der Waals surface area contributed by atoms with E-state index in [9.17, 15) is 0 Å². The molecule has 0 amide bonds. The van der Waals surface area contributed by atoms with Gasteiger partial charge in [0.05, 0.1) is 0 Å². The molecule has 0 heterocycles. The monoisotopic (exact) mass is 258 g/mol. The van der Waals surface area contributed by atoms with Gasteiger partial charge in [0.2, 0.25) is 0 Å². The lowest BCUT2D eigenvalue weighted by atomic mass is 9.83. The highest BCUT2D eigenvalue weighted by Crippen LogP contribution is 2.37. The maximum atomic E-state index is 2.35. The van der Waals surface area contributed by atoms with Crippen LogP contribution in [0.3, 0.4) is 0 Å². The molecule has 20 heavy (non-hydrogen) atoms. The Morgan fingerprint density at radius 2 is 1.65 bits per heavy atom. The van der Waals surface area contributed by atoms with E-state index in [1.165, 1.54) is 38.2 Å². The van der Waals surface area contributed by atoms with Gasteiger partial charge in [-0.25, -0.2) is 0 Å². The number of aryl methyl sites for hydroxylation is 1. The molecular formula is C20H18. The van der Waals surface area contributed by atoms with Crippen molar-refractivity contribution in [3.63, 3.8) is 0 Å². The first-order valence-corrected chi connectivity index (χ1v) is 7.36. The van der Waals surface area contributed by atoms with E-state index < -0.39 is 0 Å². The van der Waals surface area contributed by atoms with Crippen LogP contribution in [-0.2, 0) is 6.42 Å². The van der Waals surface area contributed by atoms with E-state index in [1.807, 2.05) is 0 Å². The zero-order valence-electron chi connectivity index (χ0n) is 12.0. The van der Waals surface area contributed by atoms with Gasteiger partial charge < -0.3 is 0 Å². The molecule has 0 spiro atoms. The number of hydrogen-bond donors (Lipinski definition) is 0. The molecule has 0 N–H and O–H groups in total. The molecule has 1 atom stereocenters. The van der Waals surface area contributed by atoms with Crippen molar-refractivity contribution in [1.82, 2.24) is 0 Å². The van der Waals surface area contributed by atoms with Crippen LogP contribution in [-0.4, -0.2) is 0 Å². The summed E-state index contributed by atoms with van der Waals surface area (Å²) in [7, 11) is 0. The summed E-state index contributed by atoms with van der Waals surface area (Å²) >= 11 is 0. The maximum absolute atomic E-state index is 2.35. The Bertz CT molecular complexity index is 853. The summed E-state index contributed by atoms with van der Waals surface area (Å²) in [5.41, 5.74) is 4.30. The lowest BCUT2D eigenvalue weighted by Crippen LogP contribution is -2.05. The molecule has 0 aliphatic heterocycles. The van der Waals surface area contributed by atoms with E-state index in [-0.39, 0.29) is 0 Å². The summed E-state index contributed by atoms with van der Waals surface area (Å²) in [5, 5.41) is 5.60. The molecule has 0 nitrogen and oxygen atoms in total. The van der Waals surface area contributed by atoms with Crippen molar-refractivity contribution < 1.29 is 0 Å². The van der Waals surface area contributed by atoms with E-state index in [4.69, 9.17) is 0 Å². The molecule has 0 radical (unpaired) electrons. The molecule has 0 saturated heterocycles. The van der Waals surface area contributed by atoms with Gasteiger partial charge in [-0.1, -0.05) is 67.1 Å². The lowest BCUT2D eigenvalue weighted by molar-refractivity contribution is 0.722. The third-order valence-electron chi connectivity index (χ3n) is 4.45. The fraction of sp³-hybridized carbons (Fsp3) is 0.200. The van der Waals surface area contributed by atoms with Gasteiger partial charge in [-0.2, -0.15) is 0 Å². The van der Waals surface area contributed by atoms with E-state index in [2.05, 4.69) is 68.5 Å². The molecule has 3 aromatic rings. The second-order valence-corrected chi connectivity index (χ2v) is 6.03. The number of hydrogen-bond acceptors (Lipinski definition) is 0. The van der Waals surface area contributed by atoms with Crippen LogP contribution in [0.25, 0.3) is 27.6 Å². The highest BCUT2D eigenvalue weighted by Gasteiger charge is 2.17. The van der Waals surface area contributed by atoms with Crippen molar-refractivity contribution in [2.24, 2.45) is 5.92 Å². The normalized spacial score (nSPS) is 17.6. The van der Waals surface area contributed by atoms with Crippen LogP contribution in [0.2, 0.25) is 0 Å². The molecule has 0 aromatic heterocycles. The summed E-state index contributed by atoms with van der Waals surface area (Å²) < 4.78 is 0. The summed E-state index contributed by atoms with van der Waals surface area (Å²) in [6.45, 7) is 4.49. The Kier molecular flexibility index (Phi) is 2.47. The van der Waals surface area contributed by atoms with Crippen molar-refractivity contribution >= 4 is 27.6 Å². The molecular weight excluding hydrogens is 240 g/mol. The van der Waals surface area contributed by atoms with Gasteiger partial charge in [-0.05, 0) is 51.9 Å². The van der Waals surface area contributed by atoms with Crippen molar-refractivity contribution in [3.8, 4) is 0 Å². The van der Waals surface area contributed by atoms with Crippen LogP contribution in [0, 0.1) is 12.8 Å². The van der Waals surface area contributed by atoms with Gasteiger partial charge in [-0.15, -0.1) is 0 Å². The molecule has 3 aromatic carbocycles. The van der Waals surface area contributed by atoms with Crippen molar-refractivity contribution in [2.45, 2.75) is 20.3 Å². The van der Waals surface area contributed by atoms with Crippen LogP contribution in [0.1, 0.15) is 23.6 Å². The summed E-state index contributed by atoms with van der Waals surface area (Å²) in [5.74, 6) is 0.632. The Hall–Kier alpha value is -2.08. The van der Waals surface area contributed by atoms with Crippen LogP contribution in [0.15, 0.2) is 48.5 Å². The highest BCUT2D eigenvalue weighted by molar-refractivity contribution is 6.13. The highest BCUT2D eigenvalue weighted by atomic mass is 14.2. The van der Waals surface area contributed by atoms with Crippen molar-refractivity contribution in [2.75, 3.05) is 0 Å². The number of allylic oxidation sites excluding steroid dienone is 1. The van der Waals surface area contributed by atoms with E-state index in [0.717, 1.165) is 6.42 Å². The Morgan fingerprint density at radius 1 is 0.900 bits per heavy atom. The summed E-state index contributed by atoms with van der Waals surface area (Å²) in [6.07, 6.45) is 5.82. The molecule has 0 heteroatoms. The van der Waals surface area contributed by atoms with Crippen LogP contribution < -0.4 is 0 Å². The summed E-state index contributed by atoms with van der Waals surface area (Å²) in [4.78, 5) is 0. The molecule has 1 aliphatic carbocycles. The van der Waals surface area contributed by atoms with Gasteiger partial charge in [0.15, 0.2) is 0 Å². The quantitative estimate of drug-likeness (QED) is 0.467. The largest absolute Gasteiger partial charge is 0.0807 e. The van der Waals surface area contributed by atoms with Gasteiger partial charge in [0, 0.05) is 0 Å². The first kappa shape index (κ1) is 11.7. The molecule has 98 valence electrons. The maximum Gasteiger partial charge on any atom is -0.00992 e. The van der Waals surface area contributed by atoms with Crippen molar-refractivity contribution in [1.29, 1.82) is 0 Å². The fourth-order valence-electron chi connectivity index (χ4n) is 3.46. The van der Waals surface area contributed by atoms with E-state index in [1.54, 1.807) is 0 Å². The Balaban J connectivity index is 2.26. The van der Waals surface area contributed by atoms with Gasteiger partial charge in [-0.3, -0.25) is 0 Å². The average Bonchev–Trinajstić information content (AvgIpc) is 2.47. The topological polar surface area (TPSA) is 0 Å². The SMILES string of the molecule is Cc1ccc2c(c1)c1c(c3ccccc32)C=CC(C)C1. The third-order valence-corrected chi connectivity index (χ3v) is 4.45. The average molecular weight is 258 g/mol. The Labute approximate surface area is 119 Å². The van der Waals surface area contributed by atoms with E-state index >= 15 is 0 Å². The van der Waals surface area contributed by atoms with E-state index in [0.29, 0.717) is 5.92 Å². The predicted octanol–water partition coefficient (Wildman–Crippen LogP) is 5.51. The molecule has 0 saturated carbocycles. The number of benzene rings is 3. The molecule has 0 bridgehead atoms. The molecule has 4 rings (SSSR count). The van der Waals surface area contributed by atoms with Crippen LogP contribution >= 0.6 is 0 Å². The minimum Gasteiger partial charge on any atom is -0.0807 e. The Morgan fingerprint density at radius 3 is 2.50 bits per heavy atom. The van der Waals surface area contributed by atoms with Crippen LogP contribution in [0.5, 0.6) is 0 Å². The molecule has 0 fully saturated rings. The standard InChI is InChI=1S/C20H18/c1-13-7-9-17-15-5-3-4-6-16(15)18-10-8-14(2)12-20(18)19(17)11-13/h3-11,14H,12H2,1-2H3. The first-order valence-electron chi connectivity index (χ1n) is 7.36. The fourth-order valence-corrected chi connectivity index (χ4v) is 3.46. The van der Waals surface area contributed by atoms with Gasteiger partial charge in [0.25, 0.3) is 0 Å². The van der Waals surface area contributed by atoms with Crippen molar-refractivity contribution in [3.05, 3.63) is 65.2 Å². The molecule has 1 unspecified atom stereocenters. The third kappa shape index (κ3) is 1.61. The minimum absolute atomic E-state index is 0.632. The second kappa shape index (κ2) is 4.21. The molecule has 1 aliphatic rings. The minimum atomic E-state index is 0.632. The second-order valence-electron chi connectivity index (χ2n) is 6.03. The van der Waals surface area contributed by atoms with Crippen LogP contribution in [0.4, 0.5) is 0 Å². The zero-order chi connectivity index (χ0) is 13.7. The lowest BCUT2D eigenvalue weighted by Gasteiger charge is -2.21. The zero-order valence-corrected chi connectivity index (χ0v) is 12.0. The summed E-state index contributed by atoms with van der Waals surface area (Å²) in [6, 6.07) is 15.7.